The van der Waals surface area contributed by atoms with Gasteiger partial charge in [0.2, 0.25) is 0 Å². The Morgan fingerprint density at radius 2 is 2.20 bits per heavy atom. The molecule has 0 radical (unpaired) electrons. The molecule has 0 atom stereocenters. The number of aryl methyl sites for hydroxylation is 1. The zero-order valence-corrected chi connectivity index (χ0v) is 13.2. The molecule has 0 saturated heterocycles. The minimum Gasteiger partial charge on any atom is -0.370 e. The van der Waals surface area contributed by atoms with Crippen LogP contribution in [-0.4, -0.2) is 28.5 Å². The molecule has 0 aromatic carbocycles. The smallest absolute Gasteiger partial charge is 0.126 e. The van der Waals surface area contributed by atoms with Gasteiger partial charge >= 0.3 is 0 Å². The van der Waals surface area contributed by atoms with Crippen molar-refractivity contribution >= 4 is 17.2 Å². The SMILES string of the molecule is CCCNc1cc(CN(C)Cc2csc(C)n2)ccn1. The fourth-order valence-corrected chi connectivity index (χ4v) is 2.65. The minimum atomic E-state index is 0.879. The van der Waals surface area contributed by atoms with E-state index in [1.54, 1.807) is 11.3 Å². The molecule has 0 aliphatic carbocycles. The molecule has 1 N–H and O–H groups in total. The molecule has 20 heavy (non-hydrogen) atoms. The highest BCUT2D eigenvalue weighted by Crippen LogP contribution is 2.13. The van der Waals surface area contributed by atoms with Crippen LogP contribution >= 0.6 is 11.3 Å². The molecule has 4 nitrogen and oxygen atoms in total. The van der Waals surface area contributed by atoms with Crippen molar-refractivity contribution in [3.63, 3.8) is 0 Å². The minimum absolute atomic E-state index is 0.879. The van der Waals surface area contributed by atoms with Crippen molar-refractivity contribution in [2.24, 2.45) is 0 Å². The van der Waals surface area contributed by atoms with Crippen LogP contribution in [0.5, 0.6) is 0 Å². The van der Waals surface area contributed by atoms with Gasteiger partial charge in [-0.15, -0.1) is 11.3 Å². The molecule has 0 aliphatic rings. The summed E-state index contributed by atoms with van der Waals surface area (Å²) in [5, 5.41) is 6.58. The zero-order valence-electron chi connectivity index (χ0n) is 12.4. The molecule has 0 saturated carbocycles. The van der Waals surface area contributed by atoms with E-state index in [1.807, 2.05) is 13.1 Å². The van der Waals surface area contributed by atoms with Crippen LogP contribution in [0.15, 0.2) is 23.7 Å². The lowest BCUT2D eigenvalue weighted by molar-refractivity contribution is 0.315. The number of nitrogens with one attached hydrogen (secondary N) is 1. The Hall–Kier alpha value is -1.46. The van der Waals surface area contributed by atoms with Gasteiger partial charge in [-0.05, 0) is 38.1 Å². The lowest BCUT2D eigenvalue weighted by Crippen LogP contribution is -2.17. The summed E-state index contributed by atoms with van der Waals surface area (Å²) in [4.78, 5) is 11.1. The average molecular weight is 290 g/mol. The molecule has 108 valence electrons. The van der Waals surface area contributed by atoms with Crippen LogP contribution in [0, 0.1) is 6.92 Å². The quantitative estimate of drug-likeness (QED) is 0.849. The highest BCUT2D eigenvalue weighted by molar-refractivity contribution is 7.09. The van der Waals surface area contributed by atoms with Crippen LogP contribution in [0.25, 0.3) is 0 Å². The monoisotopic (exact) mass is 290 g/mol. The first kappa shape index (κ1) is 14.9. The number of aromatic nitrogens is 2. The Bertz CT molecular complexity index is 538. The highest BCUT2D eigenvalue weighted by atomic mass is 32.1. The number of anilines is 1. The van der Waals surface area contributed by atoms with E-state index >= 15 is 0 Å². The summed E-state index contributed by atoms with van der Waals surface area (Å²) < 4.78 is 0. The maximum Gasteiger partial charge on any atom is 0.126 e. The van der Waals surface area contributed by atoms with Crippen LogP contribution < -0.4 is 5.32 Å². The molecule has 0 amide bonds. The molecular formula is C15H22N4S. The second-order valence-corrected chi connectivity index (χ2v) is 6.07. The van der Waals surface area contributed by atoms with Gasteiger partial charge in [0.15, 0.2) is 0 Å². The van der Waals surface area contributed by atoms with E-state index in [2.05, 4.69) is 51.7 Å². The molecule has 2 heterocycles. The number of hydrogen-bond donors (Lipinski definition) is 1. The first-order valence-electron chi connectivity index (χ1n) is 6.95. The Balaban J connectivity index is 1.91. The summed E-state index contributed by atoms with van der Waals surface area (Å²) >= 11 is 1.71. The van der Waals surface area contributed by atoms with Gasteiger partial charge in [0, 0.05) is 31.2 Å². The van der Waals surface area contributed by atoms with Crippen LogP contribution in [0.3, 0.4) is 0 Å². The molecule has 0 aliphatic heterocycles. The highest BCUT2D eigenvalue weighted by Gasteiger charge is 2.05. The fourth-order valence-electron chi connectivity index (χ4n) is 2.05. The number of thiazole rings is 1. The largest absolute Gasteiger partial charge is 0.370 e. The van der Waals surface area contributed by atoms with Crippen LogP contribution in [0.4, 0.5) is 5.82 Å². The van der Waals surface area contributed by atoms with Gasteiger partial charge in [0.1, 0.15) is 5.82 Å². The van der Waals surface area contributed by atoms with Gasteiger partial charge in [-0.25, -0.2) is 9.97 Å². The number of nitrogens with zero attached hydrogens (tertiary/aromatic N) is 3. The molecule has 0 fully saturated rings. The molecule has 2 aromatic heterocycles. The van der Waals surface area contributed by atoms with E-state index in [9.17, 15) is 0 Å². The number of hydrogen-bond acceptors (Lipinski definition) is 5. The topological polar surface area (TPSA) is 41.0 Å². The lowest BCUT2D eigenvalue weighted by atomic mass is 10.2. The number of pyridine rings is 1. The van der Waals surface area contributed by atoms with E-state index in [1.165, 1.54) is 5.56 Å². The summed E-state index contributed by atoms with van der Waals surface area (Å²) in [5.41, 5.74) is 2.42. The Labute approximate surface area is 124 Å². The second kappa shape index (κ2) is 7.36. The lowest BCUT2D eigenvalue weighted by Gasteiger charge is -2.16. The third-order valence-corrected chi connectivity index (χ3v) is 3.75. The summed E-state index contributed by atoms with van der Waals surface area (Å²) in [6, 6.07) is 4.19. The molecule has 0 bridgehead atoms. The third-order valence-electron chi connectivity index (χ3n) is 2.93. The maximum atomic E-state index is 4.50. The summed E-state index contributed by atoms with van der Waals surface area (Å²) in [6.45, 7) is 6.94. The van der Waals surface area contributed by atoms with E-state index in [0.29, 0.717) is 0 Å². The predicted molar refractivity (Wildman–Crippen MR) is 85.0 cm³/mol. The third kappa shape index (κ3) is 4.58. The van der Waals surface area contributed by atoms with Gasteiger partial charge in [-0.2, -0.15) is 0 Å². The molecule has 0 unspecified atom stereocenters. The second-order valence-electron chi connectivity index (χ2n) is 5.01. The normalized spacial score (nSPS) is 11.0. The first-order valence-corrected chi connectivity index (χ1v) is 7.83. The average Bonchev–Trinajstić information content (AvgIpc) is 2.82. The van der Waals surface area contributed by atoms with Crippen LogP contribution in [0.2, 0.25) is 0 Å². The Morgan fingerprint density at radius 1 is 1.35 bits per heavy atom. The Morgan fingerprint density at radius 3 is 2.90 bits per heavy atom. The van der Waals surface area contributed by atoms with E-state index in [0.717, 1.165) is 42.6 Å². The van der Waals surface area contributed by atoms with Crippen molar-refractivity contribution in [2.75, 3.05) is 18.9 Å². The molecular weight excluding hydrogens is 268 g/mol. The van der Waals surface area contributed by atoms with Gasteiger partial charge in [-0.3, -0.25) is 4.90 Å². The molecule has 2 rings (SSSR count). The van der Waals surface area contributed by atoms with E-state index in [-0.39, 0.29) is 0 Å². The summed E-state index contributed by atoms with van der Waals surface area (Å²) in [7, 11) is 2.12. The van der Waals surface area contributed by atoms with Crippen molar-refractivity contribution in [1.82, 2.24) is 14.9 Å². The van der Waals surface area contributed by atoms with E-state index < -0.39 is 0 Å². The predicted octanol–water partition coefficient (Wildman–Crippen LogP) is 3.30. The van der Waals surface area contributed by atoms with Crippen LogP contribution in [-0.2, 0) is 13.1 Å². The van der Waals surface area contributed by atoms with Crippen molar-refractivity contribution in [3.8, 4) is 0 Å². The summed E-state index contributed by atoms with van der Waals surface area (Å²) in [5.74, 6) is 0.960. The van der Waals surface area contributed by atoms with E-state index in [4.69, 9.17) is 0 Å². The standard InChI is InChI=1S/C15H22N4S/c1-4-6-16-15-8-13(5-7-17-15)9-19(3)10-14-11-20-12(2)18-14/h5,7-8,11H,4,6,9-10H2,1-3H3,(H,16,17). The molecule has 2 aromatic rings. The number of rotatable bonds is 7. The van der Waals surface area contributed by atoms with Crippen molar-refractivity contribution in [1.29, 1.82) is 0 Å². The maximum absolute atomic E-state index is 4.50. The fraction of sp³-hybridized carbons (Fsp3) is 0.467. The first-order chi connectivity index (χ1) is 9.67. The van der Waals surface area contributed by atoms with Gasteiger partial charge in [0.05, 0.1) is 10.7 Å². The summed E-state index contributed by atoms with van der Waals surface area (Å²) in [6.07, 6.45) is 2.98. The van der Waals surface area contributed by atoms with Crippen molar-refractivity contribution in [3.05, 3.63) is 40.0 Å². The van der Waals surface area contributed by atoms with Gasteiger partial charge in [0.25, 0.3) is 0 Å². The van der Waals surface area contributed by atoms with Gasteiger partial charge in [-0.1, -0.05) is 6.92 Å². The van der Waals surface area contributed by atoms with Crippen LogP contribution in [0.1, 0.15) is 29.6 Å². The molecule has 0 spiro atoms. The Kier molecular flexibility index (Phi) is 5.49. The van der Waals surface area contributed by atoms with Gasteiger partial charge < -0.3 is 5.32 Å². The van der Waals surface area contributed by atoms with Crippen molar-refractivity contribution in [2.45, 2.75) is 33.4 Å². The van der Waals surface area contributed by atoms with Crippen molar-refractivity contribution < 1.29 is 0 Å². The molecule has 5 heteroatoms. The zero-order chi connectivity index (χ0) is 14.4.